The molecule has 2 bridgehead atoms. The number of amides is 2. The van der Waals surface area contributed by atoms with Crippen LogP contribution in [0.25, 0.3) is 11.3 Å². The Morgan fingerprint density at radius 2 is 1.86 bits per heavy atom. The van der Waals surface area contributed by atoms with Crippen molar-refractivity contribution in [1.82, 2.24) is 20.4 Å². The van der Waals surface area contributed by atoms with Gasteiger partial charge in [-0.05, 0) is 55.9 Å². The van der Waals surface area contributed by atoms with Gasteiger partial charge in [-0.1, -0.05) is 41.9 Å². The molecular weight excluding hydrogens is 499 g/mol. The number of carbonyl (C=O) groups is 2. The predicted molar refractivity (Wildman–Crippen MR) is 136 cm³/mol. The molecule has 0 saturated heterocycles. The molecule has 3 N–H and O–H groups in total. The highest BCUT2D eigenvalue weighted by molar-refractivity contribution is 6.30. The molecule has 2 amide bonds. The number of carbonyl (C=O) groups excluding carboxylic acids is 2. The van der Waals surface area contributed by atoms with Crippen LogP contribution in [0.5, 0.6) is 5.75 Å². The zero-order chi connectivity index (χ0) is 26.2. The molecule has 3 fully saturated rings. The van der Waals surface area contributed by atoms with Gasteiger partial charge in [0.05, 0.1) is 22.4 Å². The number of hydrogen-bond acceptors (Lipinski definition) is 5. The summed E-state index contributed by atoms with van der Waals surface area (Å²) >= 11 is 5.67. The van der Waals surface area contributed by atoms with E-state index in [2.05, 4.69) is 15.7 Å². The quantitative estimate of drug-likeness (QED) is 0.436. The lowest BCUT2D eigenvalue weighted by Crippen LogP contribution is -2.70. The Balaban J connectivity index is 1.20. The first-order valence-corrected chi connectivity index (χ1v) is 12.6. The normalized spacial score (nSPS) is 24.5. The lowest BCUT2D eigenvalue weighted by Gasteiger charge is -2.56. The topological polar surface area (TPSA) is 105 Å². The molecule has 3 aliphatic rings. The largest absolute Gasteiger partial charge is 0.484 e. The van der Waals surface area contributed by atoms with Crippen molar-refractivity contribution < 1.29 is 23.8 Å². The molecule has 10 heteroatoms. The molecular formula is C27H28ClFN4O4. The maximum atomic E-state index is 13.6. The number of benzene rings is 2. The van der Waals surface area contributed by atoms with E-state index in [0.717, 1.165) is 17.3 Å². The summed E-state index contributed by atoms with van der Waals surface area (Å²) in [6.07, 6.45) is 1.71. The minimum atomic E-state index is -0.837. The Hall–Kier alpha value is -3.43. The number of aliphatic hydroxyl groups excluding tert-OH is 1. The van der Waals surface area contributed by atoms with E-state index in [1.807, 2.05) is 30.3 Å². The summed E-state index contributed by atoms with van der Waals surface area (Å²) in [5.74, 6) is -1.13. The van der Waals surface area contributed by atoms with Gasteiger partial charge in [-0.15, -0.1) is 0 Å². The van der Waals surface area contributed by atoms with E-state index in [9.17, 15) is 19.1 Å². The molecule has 3 aromatic rings. The summed E-state index contributed by atoms with van der Waals surface area (Å²) in [5.41, 5.74) is 0.762. The van der Waals surface area contributed by atoms with Crippen molar-refractivity contribution >= 4 is 23.4 Å². The van der Waals surface area contributed by atoms with Crippen LogP contribution in [-0.2, 0) is 11.8 Å². The molecule has 1 heterocycles. The molecule has 3 aliphatic carbocycles. The fourth-order valence-corrected chi connectivity index (χ4v) is 5.57. The van der Waals surface area contributed by atoms with Crippen molar-refractivity contribution in [3.63, 3.8) is 0 Å². The highest BCUT2D eigenvalue weighted by Crippen LogP contribution is 2.47. The predicted octanol–water partition coefficient (Wildman–Crippen LogP) is 3.62. The van der Waals surface area contributed by atoms with Crippen LogP contribution in [0.1, 0.15) is 42.6 Å². The van der Waals surface area contributed by atoms with Crippen LogP contribution in [0, 0.1) is 5.82 Å². The highest BCUT2D eigenvalue weighted by Gasteiger charge is 2.55. The summed E-state index contributed by atoms with van der Waals surface area (Å²) in [6.45, 7) is -0.319. The number of nitrogens with zero attached hydrogens (tertiary/aromatic N) is 2. The summed E-state index contributed by atoms with van der Waals surface area (Å²) < 4.78 is 20.7. The minimum Gasteiger partial charge on any atom is -0.484 e. The third kappa shape index (κ3) is 5.06. The van der Waals surface area contributed by atoms with E-state index in [0.29, 0.717) is 37.8 Å². The summed E-state index contributed by atoms with van der Waals surface area (Å²) in [5, 5.41) is 21.4. The monoisotopic (exact) mass is 526 g/mol. The molecule has 194 valence electrons. The van der Waals surface area contributed by atoms with Crippen molar-refractivity contribution in [3.8, 4) is 17.0 Å². The average molecular weight is 527 g/mol. The standard InChI is InChI=1S/C27H28ClFN4O4/c1-33-22(17-5-3-2-4-6-17)14-21(32-33)25(36)31-26-9-11-27(12-10-26,23(34)15-26)30-24(35)16-37-18-7-8-19(28)20(29)13-18/h2-8,13-14,23,34H,9-12,15-16H2,1H3,(H,30,35)(H,31,36). The van der Waals surface area contributed by atoms with Crippen molar-refractivity contribution in [1.29, 1.82) is 0 Å². The minimum absolute atomic E-state index is 0.0292. The first-order chi connectivity index (χ1) is 17.7. The summed E-state index contributed by atoms with van der Waals surface area (Å²) in [7, 11) is 1.80. The first-order valence-electron chi connectivity index (χ1n) is 12.2. The fourth-order valence-electron chi connectivity index (χ4n) is 5.45. The van der Waals surface area contributed by atoms with Gasteiger partial charge in [-0.3, -0.25) is 14.3 Å². The second kappa shape index (κ2) is 9.79. The maximum Gasteiger partial charge on any atom is 0.272 e. The van der Waals surface area contributed by atoms with E-state index in [-0.39, 0.29) is 23.3 Å². The third-order valence-corrected chi connectivity index (χ3v) is 7.84. The fraction of sp³-hybridized carbons (Fsp3) is 0.370. The van der Waals surface area contributed by atoms with Crippen LogP contribution in [0.2, 0.25) is 5.02 Å². The lowest BCUT2D eigenvalue weighted by molar-refractivity contribution is -0.132. The molecule has 0 spiro atoms. The van der Waals surface area contributed by atoms with Gasteiger partial charge in [0.15, 0.2) is 12.3 Å². The van der Waals surface area contributed by atoms with Crippen LogP contribution >= 0.6 is 11.6 Å². The zero-order valence-electron chi connectivity index (χ0n) is 20.3. The van der Waals surface area contributed by atoms with E-state index < -0.39 is 28.9 Å². The Morgan fingerprint density at radius 1 is 1.14 bits per heavy atom. The number of ether oxygens (including phenoxy) is 1. The molecule has 6 rings (SSSR count). The number of hydrogen-bond donors (Lipinski definition) is 3. The van der Waals surface area contributed by atoms with Gasteiger partial charge in [0.25, 0.3) is 11.8 Å². The number of aliphatic hydroxyl groups is 1. The van der Waals surface area contributed by atoms with Crippen LogP contribution < -0.4 is 15.4 Å². The smallest absolute Gasteiger partial charge is 0.272 e. The molecule has 1 atom stereocenters. The molecule has 1 aromatic heterocycles. The van der Waals surface area contributed by atoms with Crippen molar-refractivity contribution in [2.24, 2.45) is 7.05 Å². The van der Waals surface area contributed by atoms with Crippen molar-refractivity contribution in [2.45, 2.75) is 49.3 Å². The third-order valence-electron chi connectivity index (χ3n) is 7.53. The Kier molecular flexibility index (Phi) is 6.68. The van der Waals surface area contributed by atoms with Crippen LogP contribution in [0.4, 0.5) is 4.39 Å². The van der Waals surface area contributed by atoms with Gasteiger partial charge in [0.1, 0.15) is 11.6 Å². The van der Waals surface area contributed by atoms with Crippen molar-refractivity contribution in [2.75, 3.05) is 6.61 Å². The maximum absolute atomic E-state index is 13.6. The molecule has 3 saturated carbocycles. The van der Waals surface area contributed by atoms with E-state index >= 15 is 0 Å². The van der Waals surface area contributed by atoms with Gasteiger partial charge >= 0.3 is 0 Å². The number of halogens is 2. The molecule has 0 aliphatic heterocycles. The number of fused-ring (bicyclic) bond motifs is 3. The van der Waals surface area contributed by atoms with Crippen LogP contribution in [-0.4, -0.2) is 50.5 Å². The van der Waals surface area contributed by atoms with E-state index in [4.69, 9.17) is 16.3 Å². The first kappa shape index (κ1) is 25.2. The average Bonchev–Trinajstić information content (AvgIpc) is 3.28. The van der Waals surface area contributed by atoms with Crippen LogP contribution in [0.3, 0.4) is 0 Å². The van der Waals surface area contributed by atoms with E-state index in [1.54, 1.807) is 17.8 Å². The van der Waals surface area contributed by atoms with E-state index in [1.165, 1.54) is 12.1 Å². The second-order valence-corrected chi connectivity index (χ2v) is 10.3. The summed E-state index contributed by atoms with van der Waals surface area (Å²) in [4.78, 5) is 25.7. The molecule has 2 aromatic carbocycles. The van der Waals surface area contributed by atoms with Crippen LogP contribution in [0.15, 0.2) is 54.6 Å². The Bertz CT molecular complexity index is 1320. The highest BCUT2D eigenvalue weighted by atomic mass is 35.5. The molecule has 37 heavy (non-hydrogen) atoms. The number of nitrogens with one attached hydrogen (secondary N) is 2. The second-order valence-electron chi connectivity index (χ2n) is 9.93. The SMILES string of the molecule is Cn1nc(C(=O)NC23CCC(NC(=O)COc4ccc(Cl)c(F)c4)(CC2)C(O)C3)cc1-c1ccccc1. The number of rotatable bonds is 7. The van der Waals surface area contributed by atoms with Gasteiger partial charge in [0, 0.05) is 18.7 Å². The Labute approximate surface area is 218 Å². The molecule has 0 radical (unpaired) electrons. The van der Waals surface area contributed by atoms with Crippen molar-refractivity contribution in [3.05, 3.63) is 71.1 Å². The van der Waals surface area contributed by atoms with Gasteiger partial charge in [-0.25, -0.2) is 4.39 Å². The molecule has 8 nitrogen and oxygen atoms in total. The van der Waals surface area contributed by atoms with Gasteiger partial charge < -0.3 is 20.5 Å². The molecule has 1 unspecified atom stereocenters. The number of aryl methyl sites for hydroxylation is 1. The number of aromatic nitrogens is 2. The lowest BCUT2D eigenvalue weighted by atomic mass is 9.60. The summed E-state index contributed by atoms with van der Waals surface area (Å²) in [6, 6.07) is 15.4. The Morgan fingerprint density at radius 3 is 2.54 bits per heavy atom. The zero-order valence-corrected chi connectivity index (χ0v) is 21.1. The van der Waals surface area contributed by atoms with Gasteiger partial charge in [-0.2, -0.15) is 5.10 Å². The van der Waals surface area contributed by atoms with Gasteiger partial charge in [0.2, 0.25) is 0 Å².